The first kappa shape index (κ1) is 28.3. The van der Waals surface area contributed by atoms with Crippen molar-refractivity contribution in [1.82, 2.24) is 4.98 Å². The Hall–Kier alpha value is -4.29. The molecule has 6 N–H and O–H groups in total. The Morgan fingerprint density at radius 3 is 2.26 bits per heavy atom. The van der Waals surface area contributed by atoms with Crippen LogP contribution in [0.2, 0.25) is 5.02 Å². The Bertz CT molecular complexity index is 1370. The van der Waals surface area contributed by atoms with Gasteiger partial charge in [0.15, 0.2) is 5.75 Å². The predicted molar refractivity (Wildman–Crippen MR) is 136 cm³/mol. The number of urea groups is 1. The fourth-order valence-electron chi connectivity index (χ4n) is 3.36. The Labute approximate surface area is 221 Å². The van der Waals surface area contributed by atoms with Crippen molar-refractivity contribution in [2.75, 3.05) is 4.90 Å². The van der Waals surface area contributed by atoms with Gasteiger partial charge in [0, 0.05) is 5.56 Å². The van der Waals surface area contributed by atoms with E-state index in [4.69, 9.17) is 38.3 Å². The van der Waals surface area contributed by atoms with Crippen LogP contribution in [0.15, 0.2) is 48.5 Å². The topological polar surface area (TPSA) is 164 Å². The maximum atomic E-state index is 14.6. The molecule has 3 amide bonds. The van der Waals surface area contributed by atoms with Crippen molar-refractivity contribution in [3.05, 3.63) is 70.8 Å². The van der Waals surface area contributed by atoms with Crippen molar-refractivity contribution in [3.63, 3.8) is 0 Å². The van der Waals surface area contributed by atoms with Crippen LogP contribution in [-0.4, -0.2) is 29.1 Å². The van der Waals surface area contributed by atoms with Crippen LogP contribution in [-0.2, 0) is 16.1 Å². The molecule has 13 heteroatoms. The smallest absolute Gasteiger partial charge is 0.404 e. The summed E-state index contributed by atoms with van der Waals surface area (Å²) in [5, 5.41) is 0.0286. The largest absolute Gasteiger partial charge is 0.445 e. The lowest BCUT2D eigenvalue weighted by atomic mass is 10.1. The van der Waals surface area contributed by atoms with Gasteiger partial charge in [0.25, 0.3) is 0 Å². The fraction of sp³-hybridized carbons (Fsp3) is 0.200. The molecule has 1 aromatic heterocycles. The Kier molecular flexibility index (Phi) is 8.81. The molecular formula is C25H24ClF2N5O5. The van der Waals surface area contributed by atoms with Crippen molar-refractivity contribution in [2.24, 2.45) is 23.1 Å². The van der Waals surface area contributed by atoms with Gasteiger partial charge in [-0.15, -0.1) is 0 Å². The fourth-order valence-corrected chi connectivity index (χ4v) is 3.57. The van der Waals surface area contributed by atoms with Crippen LogP contribution >= 0.6 is 11.6 Å². The highest BCUT2D eigenvalue weighted by atomic mass is 35.5. The van der Waals surface area contributed by atoms with Gasteiger partial charge >= 0.3 is 18.1 Å². The second kappa shape index (κ2) is 11.8. The first-order chi connectivity index (χ1) is 17.9. The Morgan fingerprint density at radius 2 is 1.68 bits per heavy atom. The number of esters is 1. The molecule has 0 unspecified atom stereocenters. The SMILES string of the molecule is CC(C)[C@H](N)C(=O)Oc1c(Cl)cccc1-c1cc(COC(N)=O)cc(N(C(N)=O)c2c(F)cccc2F)n1. The van der Waals surface area contributed by atoms with E-state index in [1.807, 2.05) is 0 Å². The van der Waals surface area contributed by atoms with Crippen LogP contribution in [0.4, 0.5) is 29.9 Å². The molecule has 0 aliphatic carbocycles. The number of anilines is 2. The van der Waals surface area contributed by atoms with Gasteiger partial charge in [-0.05, 0) is 47.9 Å². The van der Waals surface area contributed by atoms with E-state index in [1.165, 1.54) is 30.3 Å². The Morgan fingerprint density at radius 1 is 1.05 bits per heavy atom. The number of carbonyl (C=O) groups excluding carboxylic acids is 3. The van der Waals surface area contributed by atoms with E-state index in [-0.39, 0.29) is 39.3 Å². The standard InChI is InChI=1S/C25H24ClF2N5O5/c1-12(2)20(29)23(34)38-22-14(5-3-6-15(22)26)18-9-13(11-37-25(31)36)10-19(32-18)33(24(30)35)21-16(27)7-4-8-17(21)28/h3-10,12,20H,11,29H2,1-2H3,(H2,30,35)(H2,31,36)/t20-/m0/s1. The van der Waals surface area contributed by atoms with Gasteiger partial charge in [0.05, 0.1) is 10.7 Å². The van der Waals surface area contributed by atoms with E-state index < -0.39 is 48.1 Å². The number of ether oxygens (including phenoxy) is 2. The summed E-state index contributed by atoms with van der Waals surface area (Å²) in [6.45, 7) is 3.06. The van der Waals surface area contributed by atoms with Crippen LogP contribution in [0.25, 0.3) is 11.3 Å². The van der Waals surface area contributed by atoms with Crippen molar-refractivity contribution in [3.8, 4) is 17.0 Å². The molecule has 10 nitrogen and oxygen atoms in total. The van der Waals surface area contributed by atoms with Crippen LogP contribution in [0.1, 0.15) is 19.4 Å². The summed E-state index contributed by atoms with van der Waals surface area (Å²) in [7, 11) is 0. The lowest BCUT2D eigenvalue weighted by Crippen LogP contribution is -2.38. The summed E-state index contributed by atoms with van der Waals surface area (Å²) in [5.74, 6) is -3.64. The molecule has 2 aromatic carbocycles. The van der Waals surface area contributed by atoms with Gasteiger partial charge in [-0.2, -0.15) is 0 Å². The summed E-state index contributed by atoms with van der Waals surface area (Å²) in [6.07, 6.45) is -1.10. The maximum Gasteiger partial charge on any atom is 0.404 e. The number of amides is 3. The van der Waals surface area contributed by atoms with Gasteiger partial charge in [0.2, 0.25) is 0 Å². The zero-order valence-corrected chi connectivity index (χ0v) is 21.0. The number of pyridine rings is 1. The number of hydrogen-bond donors (Lipinski definition) is 3. The molecule has 0 fully saturated rings. The van der Waals surface area contributed by atoms with Crippen LogP contribution in [0.5, 0.6) is 5.75 Å². The van der Waals surface area contributed by atoms with Crippen molar-refractivity contribution >= 4 is 41.2 Å². The molecule has 3 rings (SSSR count). The first-order valence-corrected chi connectivity index (χ1v) is 11.5. The number of nitrogens with zero attached hydrogens (tertiary/aromatic N) is 2. The second-order valence-corrected chi connectivity index (χ2v) is 8.79. The minimum Gasteiger partial charge on any atom is -0.445 e. The quantitative estimate of drug-likeness (QED) is 0.278. The second-order valence-electron chi connectivity index (χ2n) is 8.38. The summed E-state index contributed by atoms with van der Waals surface area (Å²) in [4.78, 5) is 41.1. The van der Waals surface area contributed by atoms with Crippen molar-refractivity contribution in [1.29, 1.82) is 0 Å². The van der Waals surface area contributed by atoms with E-state index in [0.29, 0.717) is 4.90 Å². The van der Waals surface area contributed by atoms with Crippen LogP contribution < -0.4 is 26.8 Å². The van der Waals surface area contributed by atoms with E-state index in [0.717, 1.165) is 18.2 Å². The highest BCUT2D eigenvalue weighted by Gasteiger charge is 2.27. The third-order valence-corrected chi connectivity index (χ3v) is 5.60. The molecule has 200 valence electrons. The minimum atomic E-state index is -1.26. The lowest BCUT2D eigenvalue weighted by molar-refractivity contribution is -0.136. The monoisotopic (exact) mass is 547 g/mol. The summed E-state index contributed by atoms with van der Waals surface area (Å²) < 4.78 is 39.6. The highest BCUT2D eigenvalue weighted by Crippen LogP contribution is 2.38. The number of carbonyl (C=O) groups is 3. The van der Waals surface area contributed by atoms with E-state index >= 15 is 0 Å². The van der Waals surface area contributed by atoms with E-state index in [2.05, 4.69) is 4.98 Å². The summed E-state index contributed by atoms with van der Waals surface area (Å²) >= 11 is 6.32. The zero-order chi connectivity index (χ0) is 28.1. The predicted octanol–water partition coefficient (Wildman–Crippen LogP) is 4.38. The van der Waals surface area contributed by atoms with Gasteiger partial charge in [-0.25, -0.2) is 33.0 Å². The third-order valence-electron chi connectivity index (χ3n) is 5.30. The van der Waals surface area contributed by atoms with Crippen LogP contribution in [0.3, 0.4) is 0 Å². The average Bonchev–Trinajstić information content (AvgIpc) is 2.85. The molecular weight excluding hydrogens is 524 g/mol. The molecule has 0 saturated carbocycles. The molecule has 0 spiro atoms. The molecule has 0 radical (unpaired) electrons. The van der Waals surface area contributed by atoms with Crippen LogP contribution in [0, 0.1) is 17.6 Å². The van der Waals surface area contributed by atoms with E-state index in [9.17, 15) is 23.2 Å². The number of benzene rings is 2. The molecule has 3 aromatic rings. The number of halogens is 3. The van der Waals surface area contributed by atoms with Gasteiger partial charge < -0.3 is 26.7 Å². The molecule has 1 atom stereocenters. The van der Waals surface area contributed by atoms with E-state index in [1.54, 1.807) is 13.8 Å². The number of primary amides is 2. The van der Waals surface area contributed by atoms with Gasteiger partial charge in [-0.1, -0.05) is 37.6 Å². The average molecular weight is 548 g/mol. The molecule has 0 saturated heterocycles. The number of rotatable bonds is 8. The molecule has 0 aliphatic heterocycles. The zero-order valence-electron chi connectivity index (χ0n) is 20.3. The number of aromatic nitrogens is 1. The normalized spacial score (nSPS) is 11.7. The number of nitrogens with two attached hydrogens (primary N) is 3. The van der Waals surface area contributed by atoms with Gasteiger partial charge in [0.1, 0.15) is 35.8 Å². The van der Waals surface area contributed by atoms with Gasteiger partial charge in [-0.3, -0.25) is 0 Å². The highest BCUT2D eigenvalue weighted by molar-refractivity contribution is 6.32. The molecule has 38 heavy (non-hydrogen) atoms. The molecule has 0 aliphatic rings. The molecule has 1 heterocycles. The van der Waals surface area contributed by atoms with Crippen molar-refractivity contribution in [2.45, 2.75) is 26.5 Å². The third kappa shape index (κ3) is 6.33. The number of hydrogen-bond acceptors (Lipinski definition) is 7. The summed E-state index contributed by atoms with van der Waals surface area (Å²) in [6, 6.07) is 7.87. The Balaban J connectivity index is 2.23. The first-order valence-electron chi connectivity index (χ1n) is 11.1. The minimum absolute atomic E-state index is 0.0250. The maximum absolute atomic E-state index is 14.6. The summed E-state index contributed by atoms with van der Waals surface area (Å²) in [5.41, 5.74) is 16.1. The lowest BCUT2D eigenvalue weighted by Gasteiger charge is -2.22. The molecule has 0 bridgehead atoms. The number of para-hydroxylation sites is 2. The van der Waals surface area contributed by atoms with Crippen molar-refractivity contribution < 1.29 is 32.6 Å².